The number of aromatic nitrogens is 1. The largest absolute Gasteiger partial charge is 0.354 e. The van der Waals surface area contributed by atoms with E-state index in [4.69, 9.17) is 0 Å². The predicted molar refractivity (Wildman–Crippen MR) is 121 cm³/mol. The molecule has 0 bridgehead atoms. The number of aromatic amines is 1. The van der Waals surface area contributed by atoms with Gasteiger partial charge in [0.05, 0.1) is 0 Å². The van der Waals surface area contributed by atoms with Gasteiger partial charge >= 0.3 is 0 Å². The highest BCUT2D eigenvalue weighted by Gasteiger charge is 2.17. The third-order valence-electron chi connectivity index (χ3n) is 5.47. The Morgan fingerprint density at radius 3 is 2.48 bits per heavy atom. The molecule has 0 saturated carbocycles. The second-order valence-electron chi connectivity index (χ2n) is 7.02. The molecule has 2 aromatic heterocycles. The minimum Gasteiger partial charge on any atom is -0.354 e. The topological polar surface area (TPSA) is 15.8 Å². The Morgan fingerprint density at radius 1 is 0.778 bits per heavy atom. The van der Waals surface area contributed by atoms with E-state index >= 15 is 0 Å². The van der Waals surface area contributed by atoms with Gasteiger partial charge in [0.15, 0.2) is 0 Å². The van der Waals surface area contributed by atoms with Crippen molar-refractivity contribution in [1.29, 1.82) is 0 Å². The molecule has 2 heterocycles. The van der Waals surface area contributed by atoms with E-state index in [0.29, 0.717) is 0 Å². The van der Waals surface area contributed by atoms with Crippen LogP contribution in [0.15, 0.2) is 72.8 Å². The summed E-state index contributed by atoms with van der Waals surface area (Å²) in [5.74, 6) is 0. The Labute approximate surface area is 160 Å². The third kappa shape index (κ3) is 1.99. The first-order chi connectivity index (χ1) is 13.3. The monoisotopic (exact) mass is 363 g/mol. The summed E-state index contributed by atoms with van der Waals surface area (Å²) in [4.78, 5) is 3.64. The molecule has 1 N–H and O–H groups in total. The van der Waals surface area contributed by atoms with Crippen molar-refractivity contribution in [1.82, 2.24) is 4.98 Å². The highest BCUT2D eigenvalue weighted by molar-refractivity contribution is 7.26. The molecule has 0 aliphatic rings. The molecule has 0 aliphatic heterocycles. The number of allylic oxidation sites excluding steroid dienone is 1. The van der Waals surface area contributed by atoms with Crippen molar-refractivity contribution in [2.75, 3.05) is 0 Å². The van der Waals surface area contributed by atoms with Crippen LogP contribution >= 0.6 is 11.3 Å². The van der Waals surface area contributed by atoms with E-state index in [1.807, 2.05) is 11.3 Å². The molecule has 0 fully saturated rings. The van der Waals surface area contributed by atoms with Gasteiger partial charge in [0.2, 0.25) is 0 Å². The van der Waals surface area contributed by atoms with Gasteiger partial charge in [-0.05, 0) is 41.5 Å². The maximum absolute atomic E-state index is 3.64. The Balaban J connectivity index is 2.00. The number of para-hydroxylation sites is 1. The Bertz CT molecular complexity index is 1530. The number of hydrogen-bond acceptors (Lipinski definition) is 1. The summed E-state index contributed by atoms with van der Waals surface area (Å²) in [6.07, 6.45) is 4.36. The average molecular weight is 363 g/mol. The van der Waals surface area contributed by atoms with Crippen LogP contribution in [0.4, 0.5) is 0 Å². The van der Waals surface area contributed by atoms with E-state index < -0.39 is 0 Å². The van der Waals surface area contributed by atoms with Gasteiger partial charge in [-0.25, -0.2) is 0 Å². The fourth-order valence-corrected chi connectivity index (χ4v) is 5.60. The van der Waals surface area contributed by atoms with Gasteiger partial charge in [-0.1, -0.05) is 60.7 Å². The van der Waals surface area contributed by atoms with Crippen LogP contribution in [0.3, 0.4) is 0 Å². The molecular weight excluding hydrogens is 346 g/mol. The van der Waals surface area contributed by atoms with Crippen LogP contribution in [-0.2, 0) is 0 Å². The van der Waals surface area contributed by atoms with Crippen molar-refractivity contribution in [3.05, 3.63) is 78.4 Å². The highest BCUT2D eigenvalue weighted by atomic mass is 32.1. The number of H-pyrrole nitrogens is 1. The fraction of sp³-hybridized carbons (Fsp3) is 0.0400. The second-order valence-corrected chi connectivity index (χ2v) is 8.08. The van der Waals surface area contributed by atoms with Gasteiger partial charge in [0, 0.05) is 42.0 Å². The van der Waals surface area contributed by atoms with Crippen molar-refractivity contribution in [2.24, 2.45) is 0 Å². The van der Waals surface area contributed by atoms with E-state index in [-0.39, 0.29) is 0 Å². The first-order valence-corrected chi connectivity index (χ1v) is 10.1. The minimum atomic E-state index is 1.20. The Hall–Kier alpha value is -3.10. The summed E-state index contributed by atoms with van der Waals surface area (Å²) in [6, 6.07) is 24.2. The Kier molecular flexibility index (Phi) is 3.03. The highest BCUT2D eigenvalue weighted by Crippen LogP contribution is 2.45. The van der Waals surface area contributed by atoms with Crippen LogP contribution in [0, 0.1) is 0 Å². The van der Waals surface area contributed by atoms with Crippen LogP contribution in [-0.4, -0.2) is 4.98 Å². The molecule has 0 unspecified atom stereocenters. The van der Waals surface area contributed by atoms with E-state index in [0.717, 1.165) is 0 Å². The SMILES string of the molecule is C/C=C/c1cc2[nH]c3ccccc3c2c2c1sc1ccc3ccccc3c12. The molecule has 0 atom stereocenters. The first-order valence-electron chi connectivity index (χ1n) is 9.25. The maximum atomic E-state index is 3.64. The molecule has 0 amide bonds. The van der Waals surface area contributed by atoms with Crippen LogP contribution < -0.4 is 0 Å². The summed E-state index contributed by atoms with van der Waals surface area (Å²) < 4.78 is 2.73. The lowest BCUT2D eigenvalue weighted by atomic mass is 9.98. The lowest BCUT2D eigenvalue weighted by Gasteiger charge is -2.03. The van der Waals surface area contributed by atoms with Crippen LogP contribution in [0.5, 0.6) is 0 Å². The second kappa shape index (κ2) is 5.45. The third-order valence-corrected chi connectivity index (χ3v) is 6.68. The summed E-state index contributed by atoms with van der Waals surface area (Å²) in [7, 11) is 0. The smallest absolute Gasteiger partial charge is 0.0478 e. The lowest BCUT2D eigenvalue weighted by Crippen LogP contribution is -1.78. The van der Waals surface area contributed by atoms with E-state index in [2.05, 4.69) is 90.8 Å². The minimum absolute atomic E-state index is 1.20. The lowest BCUT2D eigenvalue weighted by molar-refractivity contribution is 1.55. The standard InChI is InChI=1S/C25H17NS/c1-2-7-16-14-20-22(18-10-5-6-11-19(18)26-20)24-23-17-9-4-3-8-15(17)12-13-21(23)27-25(16)24/h2-14,26H,1H3/b7-2+. The number of nitrogens with one attached hydrogen (secondary N) is 1. The van der Waals surface area contributed by atoms with Crippen LogP contribution in [0.25, 0.3) is 58.8 Å². The molecule has 0 spiro atoms. The average Bonchev–Trinajstić information content (AvgIpc) is 3.26. The number of thiophene rings is 1. The number of benzene rings is 4. The normalized spacial score (nSPS) is 12.5. The Morgan fingerprint density at radius 2 is 1.59 bits per heavy atom. The molecule has 0 aliphatic carbocycles. The number of hydrogen-bond donors (Lipinski definition) is 1. The van der Waals surface area contributed by atoms with Crippen molar-refractivity contribution < 1.29 is 0 Å². The van der Waals surface area contributed by atoms with Gasteiger partial charge < -0.3 is 4.98 Å². The molecule has 128 valence electrons. The van der Waals surface area contributed by atoms with Crippen molar-refractivity contribution >= 4 is 70.2 Å². The molecular formula is C25H17NS. The molecule has 6 aromatic rings. The summed E-state index contributed by atoms with van der Waals surface area (Å²) in [6.45, 7) is 2.09. The quantitative estimate of drug-likeness (QED) is 0.306. The number of fused-ring (bicyclic) bond motifs is 9. The van der Waals surface area contributed by atoms with Crippen molar-refractivity contribution in [3.8, 4) is 0 Å². The molecule has 27 heavy (non-hydrogen) atoms. The van der Waals surface area contributed by atoms with Gasteiger partial charge in [0.25, 0.3) is 0 Å². The molecule has 1 nitrogen and oxygen atoms in total. The van der Waals surface area contributed by atoms with Crippen molar-refractivity contribution in [2.45, 2.75) is 6.92 Å². The summed E-state index contributed by atoms with van der Waals surface area (Å²) in [5, 5.41) is 8.05. The molecule has 0 saturated heterocycles. The molecule has 4 aromatic carbocycles. The van der Waals surface area contributed by atoms with Gasteiger partial charge in [-0.15, -0.1) is 11.3 Å². The molecule has 6 rings (SSSR count). The van der Waals surface area contributed by atoms with E-state index in [9.17, 15) is 0 Å². The van der Waals surface area contributed by atoms with Crippen LogP contribution in [0.2, 0.25) is 0 Å². The number of rotatable bonds is 1. The van der Waals surface area contributed by atoms with Gasteiger partial charge in [-0.2, -0.15) is 0 Å². The zero-order valence-corrected chi connectivity index (χ0v) is 15.7. The van der Waals surface area contributed by atoms with Crippen LogP contribution in [0.1, 0.15) is 12.5 Å². The zero-order chi connectivity index (χ0) is 18.0. The first kappa shape index (κ1) is 15.0. The van der Waals surface area contributed by atoms with E-state index in [1.54, 1.807) is 0 Å². The molecule has 2 heteroatoms. The van der Waals surface area contributed by atoms with Gasteiger partial charge in [0.1, 0.15) is 0 Å². The maximum Gasteiger partial charge on any atom is 0.0478 e. The van der Waals surface area contributed by atoms with E-state index in [1.165, 1.54) is 58.3 Å². The summed E-state index contributed by atoms with van der Waals surface area (Å²) >= 11 is 1.90. The molecule has 0 radical (unpaired) electrons. The summed E-state index contributed by atoms with van der Waals surface area (Å²) in [5.41, 5.74) is 3.70. The predicted octanol–water partition coefficient (Wildman–Crippen LogP) is 7.88. The fourth-order valence-electron chi connectivity index (χ4n) is 4.38. The van der Waals surface area contributed by atoms with Gasteiger partial charge in [-0.3, -0.25) is 0 Å². The zero-order valence-electron chi connectivity index (χ0n) is 14.9. The van der Waals surface area contributed by atoms with Crippen molar-refractivity contribution in [3.63, 3.8) is 0 Å².